The zero-order chi connectivity index (χ0) is 12.4. The largest absolute Gasteiger partial charge is 0.482 e. The molecule has 0 fully saturated rings. The summed E-state index contributed by atoms with van der Waals surface area (Å²) < 4.78 is 10.4. The average molecular weight is 274 g/mol. The first-order valence-electron chi connectivity index (χ1n) is 4.72. The minimum Gasteiger partial charge on any atom is -0.482 e. The van der Waals surface area contributed by atoms with E-state index in [9.17, 15) is 0 Å². The lowest BCUT2D eigenvalue weighted by atomic mass is 10.2. The molecule has 0 radical (unpaired) electrons. The highest BCUT2D eigenvalue weighted by atomic mass is 35.5. The van der Waals surface area contributed by atoms with Gasteiger partial charge in [-0.15, -0.1) is 5.10 Å². The van der Waals surface area contributed by atoms with Crippen molar-refractivity contribution in [2.24, 2.45) is 0 Å². The number of aromatic nitrogens is 2. The Kier molecular flexibility index (Phi) is 3.40. The Bertz CT molecular complexity index is 519. The van der Waals surface area contributed by atoms with Crippen molar-refractivity contribution >= 4 is 29.2 Å². The van der Waals surface area contributed by atoms with Gasteiger partial charge in [-0.05, 0) is 24.6 Å². The first kappa shape index (κ1) is 12.0. The number of hydrogen-bond acceptors (Lipinski definition) is 5. The summed E-state index contributed by atoms with van der Waals surface area (Å²) in [5, 5.41) is 8.18. The Morgan fingerprint density at radius 1 is 1.35 bits per heavy atom. The highest BCUT2D eigenvalue weighted by Gasteiger charge is 2.10. The number of nitrogens with two attached hydrogens (primary N) is 1. The van der Waals surface area contributed by atoms with E-state index in [1.165, 1.54) is 0 Å². The van der Waals surface area contributed by atoms with Crippen LogP contribution in [0, 0.1) is 6.92 Å². The number of halogens is 2. The number of rotatable bonds is 3. The van der Waals surface area contributed by atoms with Gasteiger partial charge in [-0.3, -0.25) is 0 Å². The molecule has 1 heterocycles. The van der Waals surface area contributed by atoms with Crippen molar-refractivity contribution in [2.45, 2.75) is 13.5 Å². The van der Waals surface area contributed by atoms with Gasteiger partial charge in [0.15, 0.2) is 6.61 Å². The minimum atomic E-state index is 0.00234. The molecule has 17 heavy (non-hydrogen) atoms. The Morgan fingerprint density at radius 3 is 2.71 bits per heavy atom. The predicted octanol–water partition coefficient (Wildman–Crippen LogP) is 2.85. The molecule has 0 aliphatic carbocycles. The lowest BCUT2D eigenvalue weighted by Crippen LogP contribution is -1.98. The van der Waals surface area contributed by atoms with Crippen LogP contribution in [0.4, 0.5) is 6.01 Å². The standard InChI is InChI=1S/C10H9Cl2N3O2/c1-5-2-6(11)3-7(12)9(5)16-4-8-14-15-10(13)17-8/h2-3H,4H2,1H3,(H2,13,15). The molecule has 0 saturated carbocycles. The zero-order valence-corrected chi connectivity index (χ0v) is 10.4. The van der Waals surface area contributed by atoms with Gasteiger partial charge in [0.05, 0.1) is 5.02 Å². The van der Waals surface area contributed by atoms with Gasteiger partial charge < -0.3 is 14.9 Å². The third kappa shape index (κ3) is 2.81. The summed E-state index contributed by atoms with van der Waals surface area (Å²) in [6.45, 7) is 1.95. The van der Waals surface area contributed by atoms with Crippen LogP contribution in [0.5, 0.6) is 5.75 Å². The van der Waals surface area contributed by atoms with Crippen LogP contribution in [-0.4, -0.2) is 10.2 Å². The Labute approximate surface area is 107 Å². The van der Waals surface area contributed by atoms with Gasteiger partial charge in [0.1, 0.15) is 5.75 Å². The molecule has 90 valence electrons. The highest BCUT2D eigenvalue weighted by Crippen LogP contribution is 2.32. The van der Waals surface area contributed by atoms with Gasteiger partial charge in [0.2, 0.25) is 0 Å². The van der Waals surface area contributed by atoms with E-state index in [2.05, 4.69) is 10.2 Å². The number of hydrogen-bond donors (Lipinski definition) is 1. The molecule has 1 aromatic carbocycles. The minimum absolute atomic E-state index is 0.00234. The van der Waals surface area contributed by atoms with Crippen molar-refractivity contribution in [3.8, 4) is 5.75 Å². The van der Waals surface area contributed by atoms with E-state index in [4.69, 9.17) is 38.1 Å². The van der Waals surface area contributed by atoms with Crippen molar-refractivity contribution < 1.29 is 9.15 Å². The molecular weight excluding hydrogens is 265 g/mol. The Morgan fingerprint density at radius 2 is 2.12 bits per heavy atom. The molecule has 0 saturated heterocycles. The number of nitrogen functional groups attached to an aromatic ring is 1. The van der Waals surface area contributed by atoms with Crippen LogP contribution in [-0.2, 0) is 6.61 Å². The fraction of sp³-hybridized carbons (Fsp3) is 0.200. The molecule has 0 unspecified atom stereocenters. The number of nitrogens with zero attached hydrogens (tertiary/aromatic N) is 2. The summed E-state index contributed by atoms with van der Waals surface area (Å²) in [6, 6.07) is 3.36. The van der Waals surface area contributed by atoms with Gasteiger partial charge in [-0.25, -0.2) is 0 Å². The zero-order valence-electron chi connectivity index (χ0n) is 8.91. The monoisotopic (exact) mass is 273 g/mol. The predicted molar refractivity (Wildman–Crippen MR) is 64.2 cm³/mol. The summed E-state index contributed by atoms with van der Waals surface area (Å²) >= 11 is 11.9. The van der Waals surface area contributed by atoms with Crippen molar-refractivity contribution in [3.63, 3.8) is 0 Å². The second kappa shape index (κ2) is 4.81. The van der Waals surface area contributed by atoms with E-state index in [1.807, 2.05) is 6.92 Å². The molecular formula is C10H9Cl2N3O2. The third-order valence-electron chi connectivity index (χ3n) is 2.02. The number of aryl methyl sites for hydroxylation is 1. The van der Waals surface area contributed by atoms with E-state index < -0.39 is 0 Å². The van der Waals surface area contributed by atoms with Crippen molar-refractivity contribution in [3.05, 3.63) is 33.6 Å². The molecule has 0 amide bonds. The van der Waals surface area contributed by atoms with E-state index in [1.54, 1.807) is 12.1 Å². The SMILES string of the molecule is Cc1cc(Cl)cc(Cl)c1OCc1nnc(N)o1. The molecule has 7 heteroatoms. The number of benzene rings is 1. The summed E-state index contributed by atoms with van der Waals surface area (Å²) in [4.78, 5) is 0. The van der Waals surface area contributed by atoms with Crippen LogP contribution in [0.25, 0.3) is 0 Å². The fourth-order valence-corrected chi connectivity index (χ4v) is 1.98. The van der Waals surface area contributed by atoms with Gasteiger partial charge in [-0.2, -0.15) is 0 Å². The second-order valence-electron chi connectivity index (χ2n) is 3.36. The molecule has 2 aromatic rings. The first-order valence-corrected chi connectivity index (χ1v) is 5.48. The smallest absolute Gasteiger partial charge is 0.312 e. The van der Waals surface area contributed by atoms with Gasteiger partial charge >= 0.3 is 6.01 Å². The average Bonchev–Trinajstić information content (AvgIpc) is 2.62. The second-order valence-corrected chi connectivity index (χ2v) is 4.20. The third-order valence-corrected chi connectivity index (χ3v) is 2.52. The molecule has 0 spiro atoms. The number of ether oxygens (including phenoxy) is 1. The quantitative estimate of drug-likeness (QED) is 0.931. The van der Waals surface area contributed by atoms with E-state index >= 15 is 0 Å². The van der Waals surface area contributed by atoms with E-state index in [-0.39, 0.29) is 18.5 Å². The van der Waals surface area contributed by atoms with Crippen molar-refractivity contribution in [2.75, 3.05) is 5.73 Å². The normalized spacial score (nSPS) is 10.5. The highest BCUT2D eigenvalue weighted by molar-refractivity contribution is 6.35. The Balaban J connectivity index is 2.14. The molecule has 0 aliphatic heterocycles. The molecule has 1 aromatic heterocycles. The molecule has 2 N–H and O–H groups in total. The molecule has 2 rings (SSSR count). The summed E-state index contributed by atoms with van der Waals surface area (Å²) in [7, 11) is 0. The molecule has 0 bridgehead atoms. The fourth-order valence-electron chi connectivity index (χ4n) is 1.33. The van der Waals surface area contributed by atoms with Crippen molar-refractivity contribution in [1.29, 1.82) is 0 Å². The maximum absolute atomic E-state index is 6.01. The molecule has 5 nitrogen and oxygen atoms in total. The maximum atomic E-state index is 6.01. The van der Waals surface area contributed by atoms with Gasteiger partial charge in [0.25, 0.3) is 5.89 Å². The van der Waals surface area contributed by atoms with Gasteiger partial charge in [0, 0.05) is 5.02 Å². The molecule has 0 aliphatic rings. The van der Waals surface area contributed by atoms with Crippen LogP contribution in [0.1, 0.15) is 11.5 Å². The summed E-state index contributed by atoms with van der Waals surface area (Å²) in [5.41, 5.74) is 6.12. The van der Waals surface area contributed by atoms with E-state index in [0.717, 1.165) is 5.56 Å². The lowest BCUT2D eigenvalue weighted by molar-refractivity contribution is 0.263. The maximum Gasteiger partial charge on any atom is 0.312 e. The van der Waals surface area contributed by atoms with Crippen LogP contribution in [0.2, 0.25) is 10.0 Å². The first-order chi connectivity index (χ1) is 8.06. The van der Waals surface area contributed by atoms with Crippen LogP contribution in [0.15, 0.2) is 16.5 Å². The number of anilines is 1. The Hall–Kier alpha value is -1.46. The van der Waals surface area contributed by atoms with Gasteiger partial charge in [-0.1, -0.05) is 28.3 Å². The molecule has 0 atom stereocenters. The van der Waals surface area contributed by atoms with Crippen molar-refractivity contribution in [1.82, 2.24) is 10.2 Å². The summed E-state index contributed by atoms with van der Waals surface area (Å²) in [6.07, 6.45) is 0. The van der Waals surface area contributed by atoms with Crippen LogP contribution in [0.3, 0.4) is 0 Å². The van der Waals surface area contributed by atoms with Crippen LogP contribution >= 0.6 is 23.2 Å². The summed E-state index contributed by atoms with van der Waals surface area (Å²) in [5.74, 6) is 0.820. The van der Waals surface area contributed by atoms with E-state index in [0.29, 0.717) is 15.8 Å². The topological polar surface area (TPSA) is 74.2 Å². The van der Waals surface area contributed by atoms with Crippen LogP contribution < -0.4 is 10.5 Å². The lowest BCUT2D eigenvalue weighted by Gasteiger charge is -2.09.